The van der Waals surface area contributed by atoms with Gasteiger partial charge < -0.3 is 10.6 Å². The lowest BCUT2D eigenvalue weighted by Gasteiger charge is -2.10. The standard InChI is InChI=1S/C18H25N5O2S/c1-13(16-7-4-10-26-16)20-18(25)15-12-23(22-21-15)9-8-19-17(24)11-14-5-2-3-6-14/h4,7,10,12-14H,2-3,5-6,8-9,11H2,1H3,(H,19,24)(H,20,25)/t13-/m1/s1. The number of carbonyl (C=O) groups excluding carboxylic acids is 2. The van der Waals surface area contributed by atoms with Crippen LogP contribution in [0, 0.1) is 5.92 Å². The van der Waals surface area contributed by atoms with Crippen LogP contribution in [0.2, 0.25) is 0 Å². The Morgan fingerprint density at radius 3 is 2.92 bits per heavy atom. The molecule has 140 valence electrons. The molecule has 2 aromatic heterocycles. The molecular formula is C18H25N5O2S. The summed E-state index contributed by atoms with van der Waals surface area (Å²) in [5, 5.41) is 15.7. The zero-order valence-electron chi connectivity index (χ0n) is 15.0. The van der Waals surface area contributed by atoms with Crippen LogP contribution in [0.1, 0.15) is 60.4 Å². The molecule has 0 aromatic carbocycles. The summed E-state index contributed by atoms with van der Waals surface area (Å²) < 4.78 is 1.58. The van der Waals surface area contributed by atoms with E-state index in [1.807, 2.05) is 24.4 Å². The summed E-state index contributed by atoms with van der Waals surface area (Å²) in [6.07, 6.45) is 7.04. The Morgan fingerprint density at radius 1 is 1.38 bits per heavy atom. The first-order valence-corrected chi connectivity index (χ1v) is 10.0. The zero-order chi connectivity index (χ0) is 18.4. The number of nitrogens with one attached hydrogen (secondary N) is 2. The monoisotopic (exact) mass is 375 g/mol. The smallest absolute Gasteiger partial charge is 0.273 e. The molecule has 2 aromatic rings. The fourth-order valence-corrected chi connectivity index (χ4v) is 3.98. The number of hydrogen-bond acceptors (Lipinski definition) is 5. The van der Waals surface area contributed by atoms with E-state index in [4.69, 9.17) is 0 Å². The molecule has 7 nitrogen and oxygen atoms in total. The van der Waals surface area contributed by atoms with E-state index in [9.17, 15) is 9.59 Å². The predicted molar refractivity (Wildman–Crippen MR) is 99.8 cm³/mol. The summed E-state index contributed by atoms with van der Waals surface area (Å²) in [5.74, 6) is 0.393. The van der Waals surface area contributed by atoms with Gasteiger partial charge in [0.25, 0.3) is 5.91 Å². The number of thiophene rings is 1. The molecule has 0 saturated heterocycles. The van der Waals surface area contributed by atoms with Crippen LogP contribution in [-0.2, 0) is 11.3 Å². The van der Waals surface area contributed by atoms with Crippen molar-refractivity contribution in [1.29, 1.82) is 0 Å². The van der Waals surface area contributed by atoms with Crippen molar-refractivity contribution in [3.8, 4) is 0 Å². The maximum atomic E-state index is 12.2. The van der Waals surface area contributed by atoms with Gasteiger partial charge in [0, 0.05) is 17.8 Å². The van der Waals surface area contributed by atoms with Crippen molar-refractivity contribution >= 4 is 23.2 Å². The number of rotatable bonds is 8. The number of nitrogens with zero attached hydrogens (tertiary/aromatic N) is 3. The van der Waals surface area contributed by atoms with Gasteiger partial charge in [0.2, 0.25) is 5.91 Å². The highest BCUT2D eigenvalue weighted by atomic mass is 32.1. The van der Waals surface area contributed by atoms with Crippen molar-refractivity contribution < 1.29 is 9.59 Å². The predicted octanol–water partition coefficient (Wildman–Crippen LogP) is 2.53. The van der Waals surface area contributed by atoms with Crippen LogP contribution in [-0.4, -0.2) is 33.4 Å². The van der Waals surface area contributed by atoms with Gasteiger partial charge in [0.15, 0.2) is 5.69 Å². The van der Waals surface area contributed by atoms with E-state index >= 15 is 0 Å². The number of amides is 2. The van der Waals surface area contributed by atoms with E-state index in [0.29, 0.717) is 25.4 Å². The third-order valence-electron chi connectivity index (χ3n) is 4.70. The molecule has 3 rings (SSSR count). The zero-order valence-corrected chi connectivity index (χ0v) is 15.8. The van der Waals surface area contributed by atoms with Gasteiger partial charge in [-0.3, -0.25) is 9.59 Å². The SMILES string of the molecule is C[C@@H](NC(=O)c1cn(CCNC(=O)CC2CCCC2)nn1)c1cccs1. The quantitative estimate of drug-likeness (QED) is 0.742. The lowest BCUT2D eigenvalue weighted by atomic mass is 10.0. The number of hydrogen-bond donors (Lipinski definition) is 2. The molecule has 0 aliphatic heterocycles. The van der Waals surface area contributed by atoms with Gasteiger partial charge >= 0.3 is 0 Å². The molecule has 1 atom stereocenters. The number of carbonyl (C=O) groups is 2. The summed E-state index contributed by atoms with van der Waals surface area (Å²) >= 11 is 1.60. The molecule has 1 saturated carbocycles. The minimum atomic E-state index is -0.248. The molecule has 0 bridgehead atoms. The van der Waals surface area contributed by atoms with Gasteiger partial charge in [-0.2, -0.15) is 0 Å². The Bertz CT molecular complexity index is 722. The highest BCUT2D eigenvalue weighted by molar-refractivity contribution is 7.10. The lowest BCUT2D eigenvalue weighted by Crippen LogP contribution is -2.28. The van der Waals surface area contributed by atoms with Crippen LogP contribution in [0.25, 0.3) is 0 Å². The van der Waals surface area contributed by atoms with Crippen molar-refractivity contribution in [1.82, 2.24) is 25.6 Å². The van der Waals surface area contributed by atoms with Gasteiger partial charge in [-0.1, -0.05) is 24.1 Å². The Labute approximate surface area is 157 Å². The molecule has 26 heavy (non-hydrogen) atoms. The van der Waals surface area contributed by atoms with Crippen molar-refractivity contribution in [2.75, 3.05) is 6.54 Å². The first-order valence-electron chi connectivity index (χ1n) is 9.13. The normalized spacial score (nSPS) is 15.7. The Kier molecular flexibility index (Phi) is 6.38. The van der Waals surface area contributed by atoms with Gasteiger partial charge in [0.1, 0.15) is 0 Å². The van der Waals surface area contributed by atoms with Crippen molar-refractivity contribution in [3.63, 3.8) is 0 Å². The van der Waals surface area contributed by atoms with E-state index in [-0.39, 0.29) is 23.6 Å². The molecule has 2 heterocycles. The molecule has 8 heteroatoms. The Balaban J connectivity index is 1.41. The molecule has 1 aliphatic rings. The molecule has 2 amide bonds. The van der Waals surface area contributed by atoms with Crippen LogP contribution in [0.3, 0.4) is 0 Å². The van der Waals surface area contributed by atoms with Gasteiger partial charge in [-0.25, -0.2) is 4.68 Å². The van der Waals surface area contributed by atoms with E-state index in [1.54, 1.807) is 22.2 Å². The highest BCUT2D eigenvalue weighted by Gasteiger charge is 2.18. The summed E-state index contributed by atoms with van der Waals surface area (Å²) in [6, 6.07) is 3.88. The molecule has 0 radical (unpaired) electrons. The largest absolute Gasteiger partial charge is 0.354 e. The average Bonchev–Trinajstić information content (AvgIpc) is 3.37. The molecular weight excluding hydrogens is 350 g/mol. The third kappa shape index (κ3) is 5.14. The van der Waals surface area contributed by atoms with Crippen LogP contribution >= 0.6 is 11.3 Å². The van der Waals surface area contributed by atoms with Crippen molar-refractivity contribution in [2.45, 2.75) is 51.6 Å². The number of aromatic nitrogens is 3. The second kappa shape index (κ2) is 8.93. The fraction of sp³-hybridized carbons (Fsp3) is 0.556. The first-order chi connectivity index (χ1) is 12.6. The maximum absolute atomic E-state index is 12.2. The topological polar surface area (TPSA) is 88.9 Å². The summed E-state index contributed by atoms with van der Waals surface area (Å²) in [5.41, 5.74) is 0.283. The van der Waals surface area contributed by atoms with Gasteiger partial charge in [-0.15, -0.1) is 16.4 Å². The second-order valence-corrected chi connectivity index (χ2v) is 7.76. The highest BCUT2D eigenvalue weighted by Crippen LogP contribution is 2.27. The molecule has 0 spiro atoms. The van der Waals surface area contributed by atoms with Gasteiger partial charge in [0.05, 0.1) is 18.8 Å². The van der Waals surface area contributed by atoms with Crippen molar-refractivity contribution in [3.05, 3.63) is 34.3 Å². The van der Waals surface area contributed by atoms with Gasteiger partial charge in [-0.05, 0) is 37.1 Å². The fourth-order valence-electron chi connectivity index (χ4n) is 3.25. The molecule has 1 fully saturated rings. The Morgan fingerprint density at radius 2 is 2.19 bits per heavy atom. The van der Waals surface area contributed by atoms with E-state index in [1.165, 1.54) is 25.7 Å². The summed E-state index contributed by atoms with van der Waals surface area (Å²) in [4.78, 5) is 25.3. The van der Waals surface area contributed by atoms with E-state index in [0.717, 1.165) is 4.88 Å². The lowest BCUT2D eigenvalue weighted by molar-refractivity contribution is -0.122. The van der Waals surface area contributed by atoms with E-state index in [2.05, 4.69) is 20.9 Å². The minimum Gasteiger partial charge on any atom is -0.354 e. The van der Waals surface area contributed by atoms with Crippen LogP contribution in [0.15, 0.2) is 23.7 Å². The molecule has 1 aliphatic carbocycles. The second-order valence-electron chi connectivity index (χ2n) is 6.78. The minimum absolute atomic E-state index is 0.0671. The van der Waals surface area contributed by atoms with Crippen LogP contribution in [0.4, 0.5) is 0 Å². The van der Waals surface area contributed by atoms with E-state index < -0.39 is 0 Å². The van der Waals surface area contributed by atoms with Crippen LogP contribution < -0.4 is 10.6 Å². The summed E-state index contributed by atoms with van der Waals surface area (Å²) in [6.45, 7) is 2.92. The summed E-state index contributed by atoms with van der Waals surface area (Å²) in [7, 11) is 0. The maximum Gasteiger partial charge on any atom is 0.273 e. The molecule has 0 unspecified atom stereocenters. The Hall–Kier alpha value is -2.22. The third-order valence-corrected chi connectivity index (χ3v) is 5.76. The van der Waals surface area contributed by atoms with Crippen molar-refractivity contribution in [2.24, 2.45) is 5.92 Å². The average molecular weight is 375 g/mol. The first kappa shape index (κ1) is 18.6. The molecule has 2 N–H and O–H groups in total. The van der Waals surface area contributed by atoms with Crippen LogP contribution in [0.5, 0.6) is 0 Å².